The first-order valence-corrected chi connectivity index (χ1v) is 6.57. The van der Waals surface area contributed by atoms with E-state index in [2.05, 4.69) is 4.98 Å². The molecule has 0 spiro atoms. The summed E-state index contributed by atoms with van der Waals surface area (Å²) in [4.78, 5) is 4.57. The molecule has 0 aliphatic heterocycles. The highest BCUT2D eigenvalue weighted by Crippen LogP contribution is 2.44. The van der Waals surface area contributed by atoms with Crippen molar-refractivity contribution < 1.29 is 8.78 Å². The van der Waals surface area contributed by atoms with Crippen molar-refractivity contribution in [3.05, 3.63) is 36.3 Å². The van der Waals surface area contributed by atoms with E-state index in [0.717, 1.165) is 11.3 Å². The second kappa shape index (κ2) is 4.27. The molecule has 2 N–H and O–H groups in total. The molecule has 0 radical (unpaired) electrons. The van der Waals surface area contributed by atoms with E-state index in [9.17, 15) is 8.78 Å². The van der Waals surface area contributed by atoms with Crippen LogP contribution in [0.5, 0.6) is 0 Å². The summed E-state index contributed by atoms with van der Waals surface area (Å²) in [5.41, 5.74) is 7.17. The van der Waals surface area contributed by atoms with Crippen LogP contribution < -0.4 is 5.73 Å². The van der Waals surface area contributed by atoms with Crippen molar-refractivity contribution in [2.45, 2.75) is 37.0 Å². The van der Waals surface area contributed by atoms with E-state index in [1.54, 1.807) is 0 Å². The van der Waals surface area contributed by atoms with Crippen LogP contribution in [0.3, 0.4) is 0 Å². The summed E-state index contributed by atoms with van der Waals surface area (Å²) in [7, 11) is 0. The minimum atomic E-state index is -2.54. The van der Waals surface area contributed by atoms with E-state index in [-0.39, 0.29) is 12.8 Å². The number of halogens is 2. The molecule has 1 aliphatic rings. The van der Waals surface area contributed by atoms with E-state index < -0.39 is 11.3 Å². The molecule has 5 heteroatoms. The average molecular weight is 265 g/mol. The quantitative estimate of drug-likeness (QED) is 0.907. The van der Waals surface area contributed by atoms with Crippen LogP contribution in [0.2, 0.25) is 0 Å². The Morgan fingerprint density at radius 2 is 1.95 bits per heavy atom. The molecule has 2 aromatic rings. The molecule has 1 saturated carbocycles. The number of fused-ring (bicyclic) bond motifs is 1. The van der Waals surface area contributed by atoms with Gasteiger partial charge in [0.1, 0.15) is 5.65 Å². The molecule has 102 valence electrons. The van der Waals surface area contributed by atoms with Crippen molar-refractivity contribution in [3.63, 3.8) is 0 Å². The monoisotopic (exact) mass is 265 g/mol. The van der Waals surface area contributed by atoms with Gasteiger partial charge in [0, 0.05) is 37.2 Å². The maximum absolute atomic E-state index is 13.3. The number of nitrogens with two attached hydrogens (primary N) is 1. The van der Waals surface area contributed by atoms with Crippen LogP contribution in [-0.4, -0.2) is 21.9 Å². The number of rotatable bonds is 2. The van der Waals surface area contributed by atoms with E-state index >= 15 is 0 Å². The number of alkyl halides is 2. The summed E-state index contributed by atoms with van der Waals surface area (Å²) in [5, 5.41) is 0. The summed E-state index contributed by atoms with van der Waals surface area (Å²) in [6.45, 7) is 0.368. The maximum atomic E-state index is 13.3. The molecular formula is C14H17F2N3. The van der Waals surface area contributed by atoms with Gasteiger partial charge in [-0.15, -0.1) is 0 Å². The number of aromatic nitrogens is 2. The molecule has 19 heavy (non-hydrogen) atoms. The first-order chi connectivity index (χ1) is 9.05. The maximum Gasteiger partial charge on any atom is 0.248 e. The average Bonchev–Trinajstić information content (AvgIpc) is 2.84. The van der Waals surface area contributed by atoms with E-state index in [0.29, 0.717) is 19.4 Å². The minimum Gasteiger partial charge on any atom is -0.330 e. The van der Waals surface area contributed by atoms with E-state index in [1.165, 1.54) is 0 Å². The zero-order valence-electron chi connectivity index (χ0n) is 10.6. The fourth-order valence-corrected chi connectivity index (χ4v) is 2.85. The van der Waals surface area contributed by atoms with Crippen LogP contribution in [-0.2, 0) is 5.41 Å². The zero-order chi connectivity index (χ0) is 13.5. The van der Waals surface area contributed by atoms with Gasteiger partial charge < -0.3 is 10.1 Å². The first kappa shape index (κ1) is 12.5. The summed E-state index contributed by atoms with van der Waals surface area (Å²) in [5.74, 6) is -2.54. The summed E-state index contributed by atoms with van der Waals surface area (Å²) in [6, 6.07) is 5.74. The Hall–Kier alpha value is -1.49. The molecule has 2 heterocycles. The molecule has 0 unspecified atom stereocenters. The largest absolute Gasteiger partial charge is 0.330 e. The van der Waals surface area contributed by atoms with Crippen LogP contribution >= 0.6 is 0 Å². The number of nitrogens with zero attached hydrogens (tertiary/aromatic N) is 2. The summed E-state index contributed by atoms with van der Waals surface area (Å²) >= 11 is 0. The topological polar surface area (TPSA) is 43.3 Å². The summed E-state index contributed by atoms with van der Waals surface area (Å²) < 4.78 is 28.6. The third kappa shape index (κ3) is 2.12. The van der Waals surface area contributed by atoms with Gasteiger partial charge in [0.2, 0.25) is 5.92 Å². The molecule has 3 nitrogen and oxygen atoms in total. The fraction of sp³-hybridized carbons (Fsp3) is 0.500. The van der Waals surface area contributed by atoms with Crippen molar-refractivity contribution in [2.24, 2.45) is 5.73 Å². The zero-order valence-corrected chi connectivity index (χ0v) is 10.6. The molecule has 0 bridgehead atoms. The number of pyridine rings is 1. The highest BCUT2D eigenvalue weighted by atomic mass is 19.3. The molecule has 0 aromatic carbocycles. The van der Waals surface area contributed by atoms with Crippen LogP contribution in [0, 0.1) is 0 Å². The third-order valence-electron chi connectivity index (χ3n) is 4.24. The second-order valence-electron chi connectivity index (χ2n) is 5.43. The standard InChI is InChI=1S/C14H17F2N3/c15-14(16)6-4-13(10-17,5-7-14)11-9-19-8-2-1-3-12(19)18-11/h1-3,8-9H,4-7,10,17H2. The van der Waals surface area contributed by atoms with Crippen molar-refractivity contribution in [1.29, 1.82) is 0 Å². The lowest BCUT2D eigenvalue weighted by Crippen LogP contribution is -2.42. The number of hydrogen-bond donors (Lipinski definition) is 1. The van der Waals surface area contributed by atoms with Gasteiger partial charge in [0.15, 0.2) is 0 Å². The van der Waals surface area contributed by atoms with Crippen LogP contribution in [0.4, 0.5) is 8.78 Å². The van der Waals surface area contributed by atoms with Crippen LogP contribution in [0.15, 0.2) is 30.6 Å². The van der Waals surface area contributed by atoms with Crippen molar-refractivity contribution >= 4 is 5.65 Å². The predicted molar refractivity (Wildman–Crippen MR) is 69.3 cm³/mol. The van der Waals surface area contributed by atoms with Gasteiger partial charge in [0.25, 0.3) is 0 Å². The molecule has 1 aliphatic carbocycles. The van der Waals surface area contributed by atoms with E-state index in [4.69, 9.17) is 5.73 Å². The third-order valence-corrected chi connectivity index (χ3v) is 4.24. The van der Waals surface area contributed by atoms with Gasteiger partial charge >= 0.3 is 0 Å². The Morgan fingerprint density at radius 1 is 1.21 bits per heavy atom. The molecule has 2 aromatic heterocycles. The van der Waals surface area contributed by atoms with Gasteiger partial charge in [-0.3, -0.25) is 0 Å². The fourth-order valence-electron chi connectivity index (χ4n) is 2.85. The minimum absolute atomic E-state index is 0.0991. The lowest BCUT2D eigenvalue weighted by molar-refractivity contribution is -0.0513. The molecule has 3 rings (SSSR count). The molecule has 0 amide bonds. The van der Waals surface area contributed by atoms with Gasteiger partial charge in [-0.25, -0.2) is 13.8 Å². The van der Waals surface area contributed by atoms with Crippen molar-refractivity contribution in [1.82, 2.24) is 9.38 Å². The van der Waals surface area contributed by atoms with Gasteiger partial charge in [0.05, 0.1) is 5.69 Å². The Morgan fingerprint density at radius 3 is 2.58 bits per heavy atom. The Bertz CT molecular complexity index is 548. The second-order valence-corrected chi connectivity index (χ2v) is 5.43. The Balaban J connectivity index is 1.98. The SMILES string of the molecule is NCC1(c2cn3ccccc3n2)CCC(F)(F)CC1. The lowest BCUT2D eigenvalue weighted by Gasteiger charge is -2.38. The van der Waals surface area contributed by atoms with Crippen molar-refractivity contribution in [2.75, 3.05) is 6.54 Å². The first-order valence-electron chi connectivity index (χ1n) is 6.57. The molecule has 1 fully saturated rings. The number of hydrogen-bond acceptors (Lipinski definition) is 2. The van der Waals surface area contributed by atoms with Gasteiger partial charge in [-0.1, -0.05) is 6.07 Å². The molecule has 0 saturated heterocycles. The Labute approximate surface area is 110 Å². The lowest BCUT2D eigenvalue weighted by atomic mass is 9.71. The highest BCUT2D eigenvalue weighted by molar-refractivity contribution is 5.41. The van der Waals surface area contributed by atoms with Gasteiger partial charge in [-0.2, -0.15) is 0 Å². The predicted octanol–water partition coefficient (Wildman–Crippen LogP) is 2.74. The highest BCUT2D eigenvalue weighted by Gasteiger charge is 2.44. The van der Waals surface area contributed by atoms with Crippen LogP contribution in [0.25, 0.3) is 5.65 Å². The van der Waals surface area contributed by atoms with Crippen LogP contribution in [0.1, 0.15) is 31.4 Å². The van der Waals surface area contributed by atoms with Crippen molar-refractivity contribution in [3.8, 4) is 0 Å². The summed E-state index contributed by atoms with van der Waals surface area (Å²) in [6.07, 6.45) is 4.44. The Kier molecular flexibility index (Phi) is 2.82. The van der Waals surface area contributed by atoms with E-state index in [1.807, 2.05) is 35.0 Å². The molecular weight excluding hydrogens is 248 g/mol. The number of imidazole rings is 1. The molecule has 0 atom stereocenters. The normalized spacial score (nSPS) is 21.6. The van der Waals surface area contributed by atoms with Gasteiger partial charge in [-0.05, 0) is 25.0 Å². The smallest absolute Gasteiger partial charge is 0.248 e.